The minimum absolute atomic E-state index is 0.0941. The van der Waals surface area contributed by atoms with Gasteiger partial charge >= 0.3 is 0 Å². The molecule has 1 aromatic rings. The lowest BCUT2D eigenvalue weighted by atomic mass is 9.83. The van der Waals surface area contributed by atoms with E-state index in [9.17, 15) is 5.11 Å². The van der Waals surface area contributed by atoms with Crippen molar-refractivity contribution in [2.75, 3.05) is 25.1 Å². The maximum Gasteiger partial charge on any atom is 0.221 e. The first-order chi connectivity index (χ1) is 9.12. The average molecular weight is 267 g/mol. The van der Waals surface area contributed by atoms with Crippen LogP contribution in [-0.2, 0) is 0 Å². The molecule has 19 heavy (non-hydrogen) atoms. The highest BCUT2D eigenvalue weighted by Crippen LogP contribution is 2.27. The molecule has 2 N–H and O–H groups in total. The molecule has 1 aromatic heterocycles. The molecule has 5 heteroatoms. The second-order valence-corrected chi connectivity index (χ2v) is 4.80. The Labute approximate surface area is 115 Å². The fourth-order valence-corrected chi connectivity index (χ4v) is 1.95. The van der Waals surface area contributed by atoms with E-state index in [-0.39, 0.29) is 12.0 Å². The van der Waals surface area contributed by atoms with E-state index >= 15 is 0 Å². The summed E-state index contributed by atoms with van der Waals surface area (Å²) < 4.78 is 5.45. The molecule has 0 aliphatic rings. The molecule has 0 aliphatic carbocycles. The highest BCUT2D eigenvalue weighted by atomic mass is 16.5. The van der Waals surface area contributed by atoms with Crippen molar-refractivity contribution in [3.8, 4) is 5.88 Å². The molecule has 1 rings (SSSR count). The molecule has 0 bridgehead atoms. The lowest BCUT2D eigenvalue weighted by molar-refractivity contribution is 0.127. The Morgan fingerprint density at radius 1 is 1.26 bits per heavy atom. The van der Waals surface area contributed by atoms with Crippen LogP contribution in [0.25, 0.3) is 0 Å². The minimum Gasteiger partial charge on any atom is -0.478 e. The van der Waals surface area contributed by atoms with Crippen molar-refractivity contribution in [3.63, 3.8) is 0 Å². The predicted octanol–water partition coefficient (Wildman–Crippen LogP) is 2.39. The molecule has 5 nitrogen and oxygen atoms in total. The van der Waals surface area contributed by atoms with Crippen LogP contribution in [0, 0.1) is 12.3 Å². The Morgan fingerprint density at radius 2 is 1.95 bits per heavy atom. The molecule has 0 fully saturated rings. The maximum absolute atomic E-state index is 9.57. The zero-order chi connectivity index (χ0) is 14.3. The number of hydrogen-bond donors (Lipinski definition) is 2. The van der Waals surface area contributed by atoms with Crippen LogP contribution in [0.4, 0.5) is 5.82 Å². The van der Waals surface area contributed by atoms with E-state index in [1.54, 1.807) is 0 Å². The number of aromatic nitrogens is 2. The molecule has 0 radical (unpaired) electrons. The van der Waals surface area contributed by atoms with E-state index in [2.05, 4.69) is 29.1 Å². The van der Waals surface area contributed by atoms with Gasteiger partial charge in [0.1, 0.15) is 12.1 Å². The van der Waals surface area contributed by atoms with Gasteiger partial charge in [-0.25, -0.2) is 9.97 Å². The largest absolute Gasteiger partial charge is 0.478 e. The first-order valence-electron chi connectivity index (χ1n) is 6.91. The quantitative estimate of drug-likeness (QED) is 0.757. The number of anilines is 1. The molecule has 0 aromatic carbocycles. The molecular formula is C14H25N3O2. The number of nitrogens with one attached hydrogen (secondary N) is 1. The van der Waals surface area contributed by atoms with Gasteiger partial charge in [-0.05, 0) is 26.7 Å². The van der Waals surface area contributed by atoms with Crippen LogP contribution in [0.3, 0.4) is 0 Å². The lowest BCUT2D eigenvalue weighted by Crippen LogP contribution is -2.32. The molecule has 0 unspecified atom stereocenters. The van der Waals surface area contributed by atoms with Gasteiger partial charge < -0.3 is 15.2 Å². The zero-order valence-electron chi connectivity index (χ0n) is 12.4. The summed E-state index contributed by atoms with van der Waals surface area (Å²) in [5.74, 6) is 1.39. The summed E-state index contributed by atoms with van der Waals surface area (Å²) in [5, 5.41) is 12.9. The SMILES string of the molecule is CCOc1ncnc(NCC(CC)(CC)CO)c1C. The van der Waals surface area contributed by atoms with Crippen LogP contribution in [0.1, 0.15) is 39.2 Å². The van der Waals surface area contributed by atoms with E-state index in [1.807, 2.05) is 13.8 Å². The summed E-state index contributed by atoms with van der Waals surface area (Å²) in [5.41, 5.74) is 0.812. The molecular weight excluding hydrogens is 242 g/mol. The van der Waals surface area contributed by atoms with Gasteiger partial charge in [0.05, 0.1) is 18.8 Å². The smallest absolute Gasteiger partial charge is 0.221 e. The monoisotopic (exact) mass is 267 g/mol. The second-order valence-electron chi connectivity index (χ2n) is 4.80. The van der Waals surface area contributed by atoms with Gasteiger partial charge in [0, 0.05) is 12.0 Å². The molecule has 0 spiro atoms. The lowest BCUT2D eigenvalue weighted by Gasteiger charge is -2.30. The Balaban J connectivity index is 2.80. The molecule has 0 saturated carbocycles. The van der Waals surface area contributed by atoms with Gasteiger partial charge in [0.15, 0.2) is 0 Å². The minimum atomic E-state index is -0.0941. The van der Waals surface area contributed by atoms with Crippen molar-refractivity contribution in [2.45, 2.75) is 40.5 Å². The summed E-state index contributed by atoms with van der Waals surface area (Å²) in [6, 6.07) is 0. The van der Waals surface area contributed by atoms with E-state index in [4.69, 9.17) is 4.74 Å². The van der Waals surface area contributed by atoms with Gasteiger partial charge in [-0.1, -0.05) is 13.8 Å². The number of hydrogen-bond acceptors (Lipinski definition) is 5. The van der Waals surface area contributed by atoms with Crippen LogP contribution < -0.4 is 10.1 Å². The summed E-state index contributed by atoms with van der Waals surface area (Å²) in [6.07, 6.45) is 3.35. The van der Waals surface area contributed by atoms with Crippen molar-refractivity contribution in [1.29, 1.82) is 0 Å². The van der Waals surface area contributed by atoms with Gasteiger partial charge in [0.25, 0.3) is 0 Å². The average Bonchev–Trinajstić information content (AvgIpc) is 2.45. The van der Waals surface area contributed by atoms with Crippen LogP contribution in [0.5, 0.6) is 5.88 Å². The Bertz CT molecular complexity index is 384. The highest BCUT2D eigenvalue weighted by Gasteiger charge is 2.25. The maximum atomic E-state index is 9.57. The van der Waals surface area contributed by atoms with Crippen molar-refractivity contribution >= 4 is 5.82 Å². The standard InChI is InChI=1S/C14H25N3O2/c1-5-14(6-2,9-18)8-15-12-11(4)13(19-7-3)17-10-16-12/h10,18H,5-9H2,1-4H3,(H,15,16,17). The third kappa shape index (κ3) is 3.80. The third-order valence-corrected chi connectivity index (χ3v) is 3.79. The number of aliphatic hydroxyl groups excluding tert-OH is 1. The Hall–Kier alpha value is -1.36. The van der Waals surface area contributed by atoms with E-state index < -0.39 is 0 Å². The van der Waals surface area contributed by atoms with Crippen molar-refractivity contribution in [1.82, 2.24) is 9.97 Å². The molecule has 1 heterocycles. The number of rotatable bonds is 8. The van der Waals surface area contributed by atoms with Gasteiger partial charge in [-0.15, -0.1) is 0 Å². The number of nitrogens with zero attached hydrogens (tertiary/aromatic N) is 2. The van der Waals surface area contributed by atoms with Crippen molar-refractivity contribution in [3.05, 3.63) is 11.9 Å². The topological polar surface area (TPSA) is 67.3 Å². The zero-order valence-corrected chi connectivity index (χ0v) is 12.4. The van der Waals surface area contributed by atoms with Crippen molar-refractivity contribution in [2.24, 2.45) is 5.41 Å². The Morgan fingerprint density at radius 3 is 2.47 bits per heavy atom. The van der Waals surface area contributed by atoms with E-state index in [1.165, 1.54) is 6.33 Å². The Kier molecular flexibility index (Phi) is 6.02. The summed E-state index contributed by atoms with van der Waals surface area (Å²) in [4.78, 5) is 8.35. The predicted molar refractivity (Wildman–Crippen MR) is 76.5 cm³/mol. The number of ether oxygens (including phenoxy) is 1. The third-order valence-electron chi connectivity index (χ3n) is 3.79. The van der Waals surface area contributed by atoms with Crippen LogP contribution in [0.2, 0.25) is 0 Å². The highest BCUT2D eigenvalue weighted by molar-refractivity contribution is 5.47. The number of aliphatic hydroxyl groups is 1. The van der Waals surface area contributed by atoms with E-state index in [0.717, 1.165) is 24.2 Å². The molecule has 0 atom stereocenters. The summed E-state index contributed by atoms with van der Waals surface area (Å²) in [6.45, 7) is 9.52. The first-order valence-corrected chi connectivity index (χ1v) is 6.91. The fourth-order valence-electron chi connectivity index (χ4n) is 1.95. The van der Waals surface area contributed by atoms with Crippen molar-refractivity contribution < 1.29 is 9.84 Å². The van der Waals surface area contributed by atoms with Crippen LogP contribution in [-0.4, -0.2) is 34.8 Å². The first kappa shape index (κ1) is 15.7. The van der Waals surface area contributed by atoms with E-state index in [0.29, 0.717) is 19.0 Å². The summed E-state index contributed by atoms with van der Waals surface area (Å²) >= 11 is 0. The molecule has 0 aliphatic heterocycles. The molecule has 0 saturated heterocycles. The van der Waals surface area contributed by atoms with Gasteiger partial charge in [-0.3, -0.25) is 0 Å². The van der Waals surface area contributed by atoms with Crippen LogP contribution in [0.15, 0.2) is 6.33 Å². The van der Waals surface area contributed by atoms with Gasteiger partial charge in [0.2, 0.25) is 5.88 Å². The normalized spacial score (nSPS) is 11.4. The fraction of sp³-hybridized carbons (Fsp3) is 0.714. The van der Waals surface area contributed by atoms with Gasteiger partial charge in [-0.2, -0.15) is 0 Å². The summed E-state index contributed by atoms with van der Waals surface area (Å²) in [7, 11) is 0. The molecule has 0 amide bonds. The van der Waals surface area contributed by atoms with Crippen LogP contribution >= 0.6 is 0 Å². The second kappa shape index (κ2) is 7.28. The molecule has 108 valence electrons.